The summed E-state index contributed by atoms with van der Waals surface area (Å²) in [7, 11) is 0. The zero-order valence-electron chi connectivity index (χ0n) is 13.7. The van der Waals surface area contributed by atoms with E-state index in [1.807, 2.05) is 0 Å². The van der Waals surface area contributed by atoms with E-state index in [1.54, 1.807) is 38.1 Å². The second-order valence-corrected chi connectivity index (χ2v) is 5.91. The highest BCUT2D eigenvalue weighted by atomic mass is 35.5. The number of ether oxygens (including phenoxy) is 2. The van der Waals surface area contributed by atoms with Gasteiger partial charge in [0.2, 0.25) is 0 Å². The number of amides is 1. The van der Waals surface area contributed by atoms with Crippen LogP contribution < -0.4 is 10.1 Å². The Bertz CT molecular complexity index is 779. The number of nitrogens with one attached hydrogen (secondary N) is 1. The molecule has 0 saturated heterocycles. The van der Waals surface area contributed by atoms with Crippen LogP contribution in [0.25, 0.3) is 0 Å². The maximum Gasteiger partial charge on any atom is 0.338 e. The number of hydrogen-bond acceptors (Lipinski definition) is 4. The van der Waals surface area contributed by atoms with E-state index < -0.39 is 18.0 Å². The lowest BCUT2D eigenvalue weighted by molar-refractivity contribution is -0.122. The fourth-order valence-electron chi connectivity index (χ4n) is 1.98. The van der Waals surface area contributed by atoms with Gasteiger partial charge in [-0.1, -0.05) is 35.3 Å². The summed E-state index contributed by atoms with van der Waals surface area (Å²) in [5.41, 5.74) is 0.680. The third kappa shape index (κ3) is 5.11. The van der Waals surface area contributed by atoms with Crippen LogP contribution in [0.1, 0.15) is 24.2 Å². The summed E-state index contributed by atoms with van der Waals surface area (Å²) in [6.07, 6.45) is -0.791. The second kappa shape index (κ2) is 8.74. The molecule has 0 aliphatic rings. The van der Waals surface area contributed by atoms with E-state index in [1.165, 1.54) is 18.2 Å². The zero-order valence-corrected chi connectivity index (χ0v) is 15.2. The van der Waals surface area contributed by atoms with Crippen LogP contribution in [0.3, 0.4) is 0 Å². The summed E-state index contributed by atoms with van der Waals surface area (Å²) < 4.78 is 10.5. The van der Waals surface area contributed by atoms with Gasteiger partial charge in [0.25, 0.3) is 5.91 Å². The number of halogens is 2. The first-order valence-corrected chi connectivity index (χ1v) is 8.36. The number of benzene rings is 2. The average molecular weight is 382 g/mol. The summed E-state index contributed by atoms with van der Waals surface area (Å²) in [5.74, 6) is -0.459. The number of rotatable bonds is 6. The Hall–Kier alpha value is -2.24. The number of hydrogen-bond donors (Lipinski definition) is 1. The van der Waals surface area contributed by atoms with Gasteiger partial charge in [-0.15, -0.1) is 0 Å². The molecule has 5 nitrogen and oxygen atoms in total. The maximum atomic E-state index is 12.3. The molecule has 2 aromatic rings. The highest BCUT2D eigenvalue weighted by Crippen LogP contribution is 2.26. The van der Waals surface area contributed by atoms with E-state index in [4.69, 9.17) is 32.7 Å². The normalized spacial score (nSPS) is 11.5. The highest BCUT2D eigenvalue weighted by molar-refractivity contribution is 6.34. The molecule has 2 aromatic carbocycles. The zero-order chi connectivity index (χ0) is 18.4. The van der Waals surface area contributed by atoms with Crippen LogP contribution in [0.15, 0.2) is 42.5 Å². The van der Waals surface area contributed by atoms with Crippen molar-refractivity contribution in [1.82, 2.24) is 0 Å². The Morgan fingerprint density at radius 2 is 1.84 bits per heavy atom. The number of carbonyl (C=O) groups excluding carboxylic acids is 2. The SMILES string of the molecule is CCOC(=O)c1ccc(NC(=O)[C@H](C)Oc2ccccc2Cl)c(Cl)c1. The summed E-state index contributed by atoms with van der Waals surface area (Å²) in [5, 5.41) is 3.30. The molecule has 25 heavy (non-hydrogen) atoms. The molecule has 0 unspecified atom stereocenters. The number of carbonyl (C=O) groups is 2. The molecule has 0 saturated carbocycles. The first-order valence-electron chi connectivity index (χ1n) is 7.61. The second-order valence-electron chi connectivity index (χ2n) is 5.09. The predicted octanol–water partition coefficient (Wildman–Crippen LogP) is 4.58. The van der Waals surface area contributed by atoms with Crippen molar-refractivity contribution in [3.05, 3.63) is 58.1 Å². The van der Waals surface area contributed by atoms with Crippen molar-refractivity contribution in [3.63, 3.8) is 0 Å². The van der Waals surface area contributed by atoms with Crippen molar-refractivity contribution in [1.29, 1.82) is 0 Å². The van der Waals surface area contributed by atoms with Crippen LogP contribution in [0.4, 0.5) is 5.69 Å². The van der Waals surface area contributed by atoms with Crippen molar-refractivity contribution in [3.8, 4) is 5.75 Å². The van der Waals surface area contributed by atoms with Crippen LogP contribution in [-0.4, -0.2) is 24.6 Å². The lowest BCUT2D eigenvalue weighted by atomic mass is 10.2. The minimum Gasteiger partial charge on any atom is -0.479 e. The molecule has 0 aliphatic carbocycles. The smallest absolute Gasteiger partial charge is 0.338 e. The Morgan fingerprint density at radius 1 is 1.12 bits per heavy atom. The molecule has 1 amide bonds. The van der Waals surface area contributed by atoms with Gasteiger partial charge in [0.05, 0.1) is 27.9 Å². The first kappa shape index (κ1) is 19.1. The lowest BCUT2D eigenvalue weighted by Crippen LogP contribution is -2.30. The third-order valence-electron chi connectivity index (χ3n) is 3.25. The Morgan fingerprint density at radius 3 is 2.48 bits per heavy atom. The van der Waals surface area contributed by atoms with E-state index >= 15 is 0 Å². The fraction of sp³-hybridized carbons (Fsp3) is 0.222. The molecule has 1 N–H and O–H groups in total. The van der Waals surface area contributed by atoms with Crippen LogP contribution in [-0.2, 0) is 9.53 Å². The van der Waals surface area contributed by atoms with Crippen molar-refractivity contribution >= 4 is 40.8 Å². The summed E-state index contributed by atoms with van der Waals surface area (Å²) in [6.45, 7) is 3.58. The third-order valence-corrected chi connectivity index (χ3v) is 3.87. The molecule has 0 fully saturated rings. The number of esters is 1. The molecule has 132 valence electrons. The quantitative estimate of drug-likeness (QED) is 0.743. The van der Waals surface area contributed by atoms with E-state index in [9.17, 15) is 9.59 Å². The van der Waals surface area contributed by atoms with Crippen molar-refractivity contribution in [2.45, 2.75) is 20.0 Å². The van der Waals surface area contributed by atoms with Crippen molar-refractivity contribution in [2.75, 3.05) is 11.9 Å². The molecule has 0 aromatic heterocycles. The lowest BCUT2D eigenvalue weighted by Gasteiger charge is -2.16. The molecule has 2 rings (SSSR count). The van der Waals surface area contributed by atoms with E-state index in [2.05, 4.69) is 5.32 Å². The summed E-state index contributed by atoms with van der Waals surface area (Å²) in [6, 6.07) is 11.4. The van der Waals surface area contributed by atoms with Gasteiger partial charge >= 0.3 is 5.97 Å². The van der Waals surface area contributed by atoms with Crippen molar-refractivity contribution < 1.29 is 19.1 Å². The van der Waals surface area contributed by atoms with Gasteiger partial charge < -0.3 is 14.8 Å². The predicted molar refractivity (Wildman–Crippen MR) is 97.6 cm³/mol. The minimum atomic E-state index is -0.791. The highest BCUT2D eigenvalue weighted by Gasteiger charge is 2.18. The topological polar surface area (TPSA) is 64.6 Å². The van der Waals surface area contributed by atoms with Gasteiger partial charge in [-0.05, 0) is 44.2 Å². The molecular weight excluding hydrogens is 365 g/mol. The largest absolute Gasteiger partial charge is 0.479 e. The molecule has 1 atom stereocenters. The van der Waals surface area contributed by atoms with Crippen LogP contribution >= 0.6 is 23.2 Å². The minimum absolute atomic E-state index is 0.226. The van der Waals surface area contributed by atoms with Gasteiger partial charge in [-0.2, -0.15) is 0 Å². The number of para-hydroxylation sites is 1. The van der Waals surface area contributed by atoms with Gasteiger partial charge in [-0.25, -0.2) is 4.79 Å². The van der Waals surface area contributed by atoms with Crippen LogP contribution in [0, 0.1) is 0 Å². The molecule has 0 aliphatic heterocycles. The Kier molecular flexibility index (Phi) is 6.67. The van der Waals surface area contributed by atoms with E-state index in [0.717, 1.165) is 0 Å². The van der Waals surface area contributed by atoms with E-state index in [0.29, 0.717) is 22.0 Å². The van der Waals surface area contributed by atoms with Gasteiger partial charge in [-0.3, -0.25) is 4.79 Å². The summed E-state index contributed by atoms with van der Waals surface area (Å²) in [4.78, 5) is 23.9. The maximum absolute atomic E-state index is 12.3. The molecular formula is C18H17Cl2NO4. The van der Waals surface area contributed by atoms with Gasteiger partial charge in [0.1, 0.15) is 5.75 Å². The Labute approximate surface area is 155 Å². The van der Waals surface area contributed by atoms with E-state index in [-0.39, 0.29) is 11.6 Å². The first-order chi connectivity index (χ1) is 11.9. The molecule has 0 spiro atoms. The molecule has 0 radical (unpaired) electrons. The monoisotopic (exact) mass is 381 g/mol. The number of anilines is 1. The molecule has 7 heteroatoms. The van der Waals surface area contributed by atoms with Crippen molar-refractivity contribution in [2.24, 2.45) is 0 Å². The van der Waals surface area contributed by atoms with Crippen LogP contribution in [0.2, 0.25) is 10.0 Å². The standard InChI is InChI=1S/C18H17Cl2NO4/c1-3-24-18(23)12-8-9-15(14(20)10-12)21-17(22)11(2)25-16-7-5-4-6-13(16)19/h4-11H,3H2,1-2H3,(H,21,22)/t11-/m0/s1. The fourth-order valence-corrected chi connectivity index (χ4v) is 2.38. The van der Waals surface area contributed by atoms with Gasteiger partial charge in [0, 0.05) is 0 Å². The average Bonchev–Trinajstić information content (AvgIpc) is 2.58. The van der Waals surface area contributed by atoms with Gasteiger partial charge in [0.15, 0.2) is 6.10 Å². The Balaban J connectivity index is 2.04. The molecule has 0 bridgehead atoms. The molecule has 0 heterocycles. The van der Waals surface area contributed by atoms with Crippen LogP contribution in [0.5, 0.6) is 5.75 Å². The summed E-state index contributed by atoms with van der Waals surface area (Å²) >= 11 is 12.1.